The van der Waals surface area contributed by atoms with Gasteiger partial charge in [0.05, 0.1) is 0 Å². The molecule has 0 radical (unpaired) electrons. The normalized spacial score (nSPS) is 12.5. The third-order valence-corrected chi connectivity index (χ3v) is 2.69. The lowest BCUT2D eigenvalue weighted by atomic mass is 9.97. The lowest BCUT2D eigenvalue weighted by Gasteiger charge is -2.08. The minimum Gasteiger partial charge on any atom is -0.330 e. The predicted octanol–water partition coefficient (Wildman–Crippen LogP) is 2.44. The van der Waals surface area contributed by atoms with E-state index in [1.807, 2.05) is 19.1 Å². The van der Waals surface area contributed by atoms with E-state index < -0.39 is 0 Å². The average Bonchev–Trinajstić information content (AvgIpc) is 2.22. The summed E-state index contributed by atoms with van der Waals surface area (Å²) in [5.74, 6) is 0.286. The fourth-order valence-electron chi connectivity index (χ4n) is 1.39. The highest BCUT2D eigenvalue weighted by molar-refractivity contribution is 6.30. The Kier molecular flexibility index (Phi) is 4.79. The Morgan fingerprint density at radius 1 is 1.40 bits per heavy atom. The highest BCUT2D eigenvalue weighted by atomic mass is 35.5. The van der Waals surface area contributed by atoms with E-state index in [0.717, 1.165) is 12.0 Å². The van der Waals surface area contributed by atoms with E-state index in [1.54, 1.807) is 12.1 Å². The zero-order valence-corrected chi connectivity index (χ0v) is 9.63. The Morgan fingerprint density at radius 2 is 2.00 bits per heavy atom. The monoisotopic (exact) mass is 225 g/mol. The van der Waals surface area contributed by atoms with Gasteiger partial charge in [0.1, 0.15) is 5.78 Å². The highest BCUT2D eigenvalue weighted by Crippen LogP contribution is 2.12. The summed E-state index contributed by atoms with van der Waals surface area (Å²) in [6, 6.07) is 7.38. The second kappa shape index (κ2) is 5.89. The lowest BCUT2D eigenvalue weighted by Crippen LogP contribution is -2.17. The third-order valence-electron chi connectivity index (χ3n) is 2.44. The smallest absolute Gasteiger partial charge is 0.140 e. The van der Waals surface area contributed by atoms with Crippen LogP contribution in [0.3, 0.4) is 0 Å². The van der Waals surface area contributed by atoms with Crippen LogP contribution in [0.4, 0.5) is 0 Å². The number of nitrogens with two attached hydrogens (primary N) is 1. The Bertz CT molecular complexity index is 321. The lowest BCUT2D eigenvalue weighted by molar-refractivity contribution is -0.121. The first-order valence-corrected chi connectivity index (χ1v) is 5.48. The van der Waals surface area contributed by atoms with Crippen LogP contribution in [0.25, 0.3) is 0 Å². The third kappa shape index (κ3) is 4.02. The van der Waals surface area contributed by atoms with Crippen molar-refractivity contribution in [3.63, 3.8) is 0 Å². The molecule has 0 aliphatic carbocycles. The van der Waals surface area contributed by atoms with Gasteiger partial charge in [-0.05, 0) is 30.7 Å². The molecule has 1 atom stereocenters. The number of carbonyl (C=O) groups is 1. The van der Waals surface area contributed by atoms with Gasteiger partial charge < -0.3 is 5.73 Å². The van der Waals surface area contributed by atoms with Crippen LogP contribution in [-0.4, -0.2) is 12.3 Å². The summed E-state index contributed by atoms with van der Waals surface area (Å²) in [5, 5.41) is 0.696. The molecule has 2 N–H and O–H groups in total. The number of hydrogen-bond donors (Lipinski definition) is 1. The summed E-state index contributed by atoms with van der Waals surface area (Å²) in [6.07, 6.45) is 1.23. The fourth-order valence-corrected chi connectivity index (χ4v) is 1.51. The first-order valence-electron chi connectivity index (χ1n) is 5.10. The first kappa shape index (κ1) is 12.2. The largest absolute Gasteiger partial charge is 0.330 e. The van der Waals surface area contributed by atoms with Gasteiger partial charge in [0, 0.05) is 17.4 Å². The van der Waals surface area contributed by atoms with Gasteiger partial charge in [-0.15, -0.1) is 0 Å². The second-order valence-electron chi connectivity index (χ2n) is 3.75. The molecule has 3 heteroatoms. The quantitative estimate of drug-likeness (QED) is 0.837. The minimum atomic E-state index is 0.0469. The van der Waals surface area contributed by atoms with Crippen LogP contribution in [-0.2, 0) is 11.2 Å². The molecule has 0 aromatic heterocycles. The van der Waals surface area contributed by atoms with E-state index in [4.69, 9.17) is 17.3 Å². The summed E-state index contributed by atoms with van der Waals surface area (Å²) >= 11 is 5.76. The van der Waals surface area contributed by atoms with E-state index in [1.165, 1.54) is 0 Å². The summed E-state index contributed by atoms with van der Waals surface area (Å²) < 4.78 is 0. The topological polar surface area (TPSA) is 43.1 Å². The van der Waals surface area contributed by atoms with Gasteiger partial charge in [-0.25, -0.2) is 0 Å². The molecule has 0 saturated carbocycles. The van der Waals surface area contributed by atoms with E-state index >= 15 is 0 Å². The molecule has 1 aromatic rings. The molecule has 0 aliphatic rings. The summed E-state index contributed by atoms with van der Waals surface area (Å²) in [5.41, 5.74) is 6.42. The zero-order chi connectivity index (χ0) is 11.3. The van der Waals surface area contributed by atoms with E-state index in [-0.39, 0.29) is 11.7 Å². The minimum absolute atomic E-state index is 0.0469. The number of benzene rings is 1. The number of hydrogen-bond acceptors (Lipinski definition) is 2. The van der Waals surface area contributed by atoms with Gasteiger partial charge in [0.25, 0.3) is 0 Å². The van der Waals surface area contributed by atoms with Gasteiger partial charge in [-0.3, -0.25) is 4.79 Å². The summed E-state index contributed by atoms with van der Waals surface area (Å²) in [6.45, 7) is 2.48. The van der Waals surface area contributed by atoms with Crippen molar-refractivity contribution in [1.29, 1.82) is 0 Å². The van der Waals surface area contributed by atoms with Gasteiger partial charge in [0.15, 0.2) is 0 Å². The number of ketones is 1. The average molecular weight is 226 g/mol. The van der Waals surface area contributed by atoms with Crippen LogP contribution >= 0.6 is 11.6 Å². The van der Waals surface area contributed by atoms with E-state index in [9.17, 15) is 4.79 Å². The predicted molar refractivity (Wildman–Crippen MR) is 63.0 cm³/mol. The van der Waals surface area contributed by atoms with Crippen molar-refractivity contribution in [3.05, 3.63) is 34.9 Å². The zero-order valence-electron chi connectivity index (χ0n) is 8.87. The molecule has 0 fully saturated rings. The van der Waals surface area contributed by atoms with Gasteiger partial charge in [0.2, 0.25) is 0 Å². The van der Waals surface area contributed by atoms with Crippen molar-refractivity contribution in [1.82, 2.24) is 0 Å². The van der Waals surface area contributed by atoms with Crippen LogP contribution in [0.5, 0.6) is 0 Å². The molecule has 2 nitrogen and oxygen atoms in total. The van der Waals surface area contributed by atoms with Crippen LogP contribution in [0.15, 0.2) is 24.3 Å². The molecule has 0 bridgehead atoms. The maximum atomic E-state index is 11.7. The maximum Gasteiger partial charge on any atom is 0.140 e. The molecule has 0 aliphatic heterocycles. The molecule has 1 aromatic carbocycles. The molecule has 0 spiro atoms. The van der Waals surface area contributed by atoms with Crippen molar-refractivity contribution in [2.45, 2.75) is 19.8 Å². The molecular formula is C12H16ClNO. The SMILES string of the molecule is CC(CCN)C(=O)Cc1ccc(Cl)cc1. The molecule has 1 unspecified atom stereocenters. The fraction of sp³-hybridized carbons (Fsp3) is 0.417. The molecule has 0 heterocycles. The van der Waals surface area contributed by atoms with Gasteiger partial charge >= 0.3 is 0 Å². The summed E-state index contributed by atoms with van der Waals surface area (Å²) in [7, 11) is 0. The second-order valence-corrected chi connectivity index (χ2v) is 4.18. The number of rotatable bonds is 5. The van der Waals surface area contributed by atoms with Crippen molar-refractivity contribution in [2.24, 2.45) is 11.7 Å². The number of Topliss-reactive ketones (excluding diaryl/α,β-unsaturated/α-hetero) is 1. The van der Waals surface area contributed by atoms with Crippen LogP contribution in [0.2, 0.25) is 5.02 Å². The van der Waals surface area contributed by atoms with Crippen LogP contribution in [0, 0.1) is 5.92 Å². The van der Waals surface area contributed by atoms with Crippen molar-refractivity contribution in [3.8, 4) is 0 Å². The Hall–Kier alpha value is -0.860. The van der Waals surface area contributed by atoms with Crippen molar-refractivity contribution < 1.29 is 4.79 Å². The molecule has 0 amide bonds. The molecule has 82 valence electrons. The van der Waals surface area contributed by atoms with Crippen molar-refractivity contribution >= 4 is 17.4 Å². The van der Waals surface area contributed by atoms with Gasteiger partial charge in [-0.1, -0.05) is 30.7 Å². The first-order chi connectivity index (χ1) is 7.13. The summed E-state index contributed by atoms with van der Waals surface area (Å²) in [4.78, 5) is 11.7. The molecular weight excluding hydrogens is 210 g/mol. The number of halogens is 1. The Balaban J connectivity index is 2.54. The molecule has 1 rings (SSSR count). The Morgan fingerprint density at radius 3 is 2.53 bits per heavy atom. The van der Waals surface area contributed by atoms with Crippen LogP contribution in [0.1, 0.15) is 18.9 Å². The van der Waals surface area contributed by atoms with E-state index in [0.29, 0.717) is 18.0 Å². The standard InChI is InChI=1S/C12H16ClNO/c1-9(6-7-14)12(15)8-10-2-4-11(13)5-3-10/h2-5,9H,6-8,14H2,1H3. The van der Waals surface area contributed by atoms with Crippen LogP contribution < -0.4 is 5.73 Å². The van der Waals surface area contributed by atoms with Gasteiger partial charge in [-0.2, -0.15) is 0 Å². The molecule has 15 heavy (non-hydrogen) atoms. The van der Waals surface area contributed by atoms with Crippen molar-refractivity contribution in [2.75, 3.05) is 6.54 Å². The highest BCUT2D eigenvalue weighted by Gasteiger charge is 2.12. The van der Waals surface area contributed by atoms with E-state index in [2.05, 4.69) is 0 Å². The Labute approximate surface area is 95.4 Å². The number of carbonyl (C=O) groups excluding carboxylic acids is 1. The maximum absolute atomic E-state index is 11.7. The molecule has 0 saturated heterocycles.